The topological polar surface area (TPSA) is 29.3 Å². The second-order valence-electron chi connectivity index (χ2n) is 5.47. The molecule has 0 saturated carbocycles. The van der Waals surface area contributed by atoms with Gasteiger partial charge < -0.3 is 5.73 Å². The summed E-state index contributed by atoms with van der Waals surface area (Å²) >= 11 is 0. The summed E-state index contributed by atoms with van der Waals surface area (Å²) in [6.45, 7) is 4.32. The molecule has 2 rings (SSSR count). The van der Waals surface area contributed by atoms with E-state index in [1.54, 1.807) is 0 Å². The third-order valence-electron chi connectivity index (χ3n) is 4.30. The highest BCUT2D eigenvalue weighted by atomic mass is 19.2. The lowest BCUT2D eigenvalue weighted by Crippen LogP contribution is -2.41. The predicted octanol–water partition coefficient (Wildman–Crippen LogP) is 3.37. The molecule has 1 saturated heterocycles. The third-order valence-corrected chi connectivity index (χ3v) is 4.30. The highest BCUT2D eigenvalue weighted by Gasteiger charge is 2.36. The number of rotatable bonds is 4. The van der Waals surface area contributed by atoms with E-state index in [1.165, 1.54) is 0 Å². The highest BCUT2D eigenvalue weighted by molar-refractivity contribution is 5.24. The lowest BCUT2D eigenvalue weighted by molar-refractivity contribution is 0.134. The van der Waals surface area contributed by atoms with E-state index in [9.17, 15) is 13.2 Å². The van der Waals surface area contributed by atoms with E-state index in [4.69, 9.17) is 5.73 Å². The normalized spacial score (nSPS) is 25.1. The van der Waals surface area contributed by atoms with Gasteiger partial charge in [-0.15, -0.1) is 0 Å². The van der Waals surface area contributed by atoms with Crippen molar-refractivity contribution in [1.82, 2.24) is 4.90 Å². The molecule has 0 aliphatic carbocycles. The van der Waals surface area contributed by atoms with Gasteiger partial charge >= 0.3 is 0 Å². The highest BCUT2D eigenvalue weighted by Crippen LogP contribution is 2.35. The van der Waals surface area contributed by atoms with Crippen molar-refractivity contribution < 1.29 is 13.2 Å². The molecule has 1 aliphatic heterocycles. The smallest absolute Gasteiger partial charge is 0.161 e. The molecule has 5 heteroatoms. The van der Waals surface area contributed by atoms with Gasteiger partial charge in [-0.25, -0.2) is 13.2 Å². The van der Waals surface area contributed by atoms with Crippen LogP contribution in [0.15, 0.2) is 12.1 Å². The summed E-state index contributed by atoms with van der Waals surface area (Å²) < 4.78 is 40.5. The molecule has 20 heavy (non-hydrogen) atoms. The Kier molecular flexibility index (Phi) is 4.70. The molecule has 3 unspecified atom stereocenters. The average Bonchev–Trinajstić information content (AvgIpc) is 2.78. The van der Waals surface area contributed by atoms with Crippen molar-refractivity contribution in [3.8, 4) is 0 Å². The molecule has 1 fully saturated rings. The van der Waals surface area contributed by atoms with Crippen LogP contribution in [0.5, 0.6) is 0 Å². The van der Waals surface area contributed by atoms with E-state index >= 15 is 0 Å². The van der Waals surface area contributed by atoms with Crippen LogP contribution in [-0.4, -0.2) is 23.5 Å². The summed E-state index contributed by atoms with van der Waals surface area (Å²) in [6.07, 6.45) is 2.98. The largest absolute Gasteiger partial charge is 0.329 e. The first-order valence-electron chi connectivity index (χ1n) is 7.11. The Balaban J connectivity index is 2.39. The number of hydrogen-bond donors (Lipinski definition) is 1. The molecule has 0 amide bonds. The number of likely N-dealkylation sites (tertiary alicyclic amines) is 1. The molecule has 1 aromatic rings. The molecule has 112 valence electrons. The number of hydrogen-bond acceptors (Lipinski definition) is 2. The van der Waals surface area contributed by atoms with Crippen LogP contribution in [0.25, 0.3) is 0 Å². The van der Waals surface area contributed by atoms with Gasteiger partial charge in [-0.3, -0.25) is 4.90 Å². The van der Waals surface area contributed by atoms with Crippen LogP contribution in [0.3, 0.4) is 0 Å². The molecule has 1 aromatic carbocycles. The maximum absolute atomic E-state index is 14.0. The van der Waals surface area contributed by atoms with Crippen molar-refractivity contribution >= 4 is 0 Å². The minimum absolute atomic E-state index is 0.151. The maximum atomic E-state index is 14.0. The molecule has 0 radical (unpaired) electrons. The zero-order valence-corrected chi connectivity index (χ0v) is 11.9. The Labute approximate surface area is 117 Å². The van der Waals surface area contributed by atoms with Gasteiger partial charge in [0.15, 0.2) is 11.6 Å². The van der Waals surface area contributed by atoms with Crippen molar-refractivity contribution in [2.45, 2.75) is 51.2 Å². The lowest BCUT2D eigenvalue weighted by atomic mass is 10.0. The van der Waals surface area contributed by atoms with Gasteiger partial charge in [0.25, 0.3) is 0 Å². The maximum Gasteiger partial charge on any atom is 0.161 e. The van der Waals surface area contributed by atoms with Gasteiger partial charge in [0.05, 0.1) is 6.04 Å². The van der Waals surface area contributed by atoms with E-state index < -0.39 is 23.5 Å². The standard InChI is InChI=1S/C15H21F3N2/c1-3-10-5-4-9(2)20(10)15(8-19)11-6-13(17)14(18)7-12(11)16/h6-7,9-10,15H,3-5,8,19H2,1-2H3. The van der Waals surface area contributed by atoms with Crippen molar-refractivity contribution in [3.05, 3.63) is 35.1 Å². The molecular formula is C15H21F3N2. The molecule has 1 heterocycles. The third kappa shape index (κ3) is 2.69. The van der Waals surface area contributed by atoms with Gasteiger partial charge in [0.1, 0.15) is 5.82 Å². The van der Waals surface area contributed by atoms with Gasteiger partial charge in [-0.1, -0.05) is 6.92 Å². The summed E-state index contributed by atoms with van der Waals surface area (Å²) in [6, 6.07) is 1.72. The number of nitrogens with zero attached hydrogens (tertiary/aromatic N) is 1. The molecular weight excluding hydrogens is 265 g/mol. The Morgan fingerprint density at radius 2 is 1.85 bits per heavy atom. The minimum Gasteiger partial charge on any atom is -0.329 e. The van der Waals surface area contributed by atoms with Crippen LogP contribution in [0, 0.1) is 17.5 Å². The zero-order valence-electron chi connectivity index (χ0n) is 11.9. The summed E-state index contributed by atoms with van der Waals surface area (Å²) in [5, 5.41) is 0. The van der Waals surface area contributed by atoms with Crippen LogP contribution < -0.4 is 5.73 Å². The molecule has 2 N–H and O–H groups in total. The van der Waals surface area contributed by atoms with Gasteiger partial charge in [-0.2, -0.15) is 0 Å². The van der Waals surface area contributed by atoms with Crippen molar-refractivity contribution in [2.75, 3.05) is 6.54 Å². The lowest BCUT2D eigenvalue weighted by Gasteiger charge is -2.36. The Morgan fingerprint density at radius 3 is 2.45 bits per heavy atom. The molecule has 0 aromatic heterocycles. The first-order chi connectivity index (χ1) is 9.49. The first-order valence-corrected chi connectivity index (χ1v) is 7.11. The monoisotopic (exact) mass is 286 g/mol. The Morgan fingerprint density at radius 1 is 1.20 bits per heavy atom. The fraction of sp³-hybridized carbons (Fsp3) is 0.600. The predicted molar refractivity (Wildman–Crippen MR) is 72.7 cm³/mol. The average molecular weight is 286 g/mol. The molecule has 1 aliphatic rings. The first kappa shape index (κ1) is 15.3. The van der Waals surface area contributed by atoms with Gasteiger partial charge in [0, 0.05) is 30.3 Å². The Bertz CT molecular complexity index is 478. The Hall–Kier alpha value is -1.07. The van der Waals surface area contributed by atoms with E-state index in [1.807, 2.05) is 0 Å². The van der Waals surface area contributed by atoms with E-state index in [0.29, 0.717) is 12.1 Å². The van der Waals surface area contributed by atoms with Crippen molar-refractivity contribution in [3.63, 3.8) is 0 Å². The van der Waals surface area contributed by atoms with Crippen LogP contribution in [0.2, 0.25) is 0 Å². The molecule has 3 atom stereocenters. The summed E-state index contributed by atoms with van der Waals surface area (Å²) in [5.41, 5.74) is 5.95. The fourth-order valence-corrected chi connectivity index (χ4v) is 3.27. The van der Waals surface area contributed by atoms with Crippen molar-refractivity contribution in [2.24, 2.45) is 5.73 Å². The summed E-state index contributed by atoms with van der Waals surface area (Å²) in [7, 11) is 0. The second kappa shape index (κ2) is 6.14. The van der Waals surface area contributed by atoms with Crippen LogP contribution in [-0.2, 0) is 0 Å². The van der Waals surface area contributed by atoms with Crippen LogP contribution >= 0.6 is 0 Å². The summed E-state index contributed by atoms with van der Waals surface area (Å²) in [5.74, 6) is -2.92. The van der Waals surface area contributed by atoms with Gasteiger partial charge in [0.2, 0.25) is 0 Å². The zero-order chi connectivity index (χ0) is 14.9. The number of halogens is 3. The fourth-order valence-electron chi connectivity index (χ4n) is 3.27. The number of nitrogens with two attached hydrogens (primary N) is 1. The quantitative estimate of drug-likeness (QED) is 0.860. The molecule has 2 nitrogen and oxygen atoms in total. The van der Waals surface area contributed by atoms with E-state index in [2.05, 4.69) is 18.7 Å². The SMILES string of the molecule is CCC1CCC(C)N1C(CN)c1cc(F)c(F)cc1F. The van der Waals surface area contributed by atoms with Crippen molar-refractivity contribution in [1.29, 1.82) is 0 Å². The minimum atomic E-state index is -1.16. The van der Waals surface area contributed by atoms with Crippen LogP contribution in [0.4, 0.5) is 13.2 Å². The molecule has 0 bridgehead atoms. The second-order valence-corrected chi connectivity index (χ2v) is 5.47. The summed E-state index contributed by atoms with van der Waals surface area (Å²) in [4.78, 5) is 2.15. The van der Waals surface area contributed by atoms with E-state index in [0.717, 1.165) is 25.3 Å². The number of benzene rings is 1. The van der Waals surface area contributed by atoms with Crippen LogP contribution in [0.1, 0.15) is 44.7 Å². The molecule has 0 spiro atoms. The van der Waals surface area contributed by atoms with Gasteiger partial charge in [-0.05, 0) is 32.3 Å². The van der Waals surface area contributed by atoms with E-state index in [-0.39, 0.29) is 18.2 Å².